The molecule has 3 rings (SSSR count). The second-order valence-corrected chi connectivity index (χ2v) is 5.88. The highest BCUT2D eigenvalue weighted by molar-refractivity contribution is 5.97. The van der Waals surface area contributed by atoms with Crippen LogP contribution in [0.4, 0.5) is 11.4 Å². The number of hydrogen-bond acceptors (Lipinski definition) is 4. The largest absolute Gasteiger partial charge is 0.478 e. The van der Waals surface area contributed by atoms with Gasteiger partial charge in [0, 0.05) is 18.0 Å². The summed E-state index contributed by atoms with van der Waals surface area (Å²) in [7, 11) is 0. The molecular weight excluding hydrogens is 284 g/mol. The van der Waals surface area contributed by atoms with Gasteiger partial charge in [-0.2, -0.15) is 0 Å². The van der Waals surface area contributed by atoms with Crippen molar-refractivity contribution in [1.82, 2.24) is 0 Å². The molecule has 0 spiro atoms. The number of carbonyl (C=O) groups is 1. The summed E-state index contributed by atoms with van der Waals surface area (Å²) in [5.41, 5.74) is 1.06. The molecule has 1 aromatic carbocycles. The van der Waals surface area contributed by atoms with Crippen molar-refractivity contribution in [3.63, 3.8) is 0 Å². The van der Waals surface area contributed by atoms with E-state index in [1.54, 1.807) is 0 Å². The molecular formula is C16H18N2O4. The molecule has 0 radical (unpaired) electrons. The van der Waals surface area contributed by atoms with Crippen LogP contribution in [-0.2, 0) is 0 Å². The number of nitrogens with zero attached hydrogens (tertiary/aromatic N) is 1. The first-order valence-corrected chi connectivity index (χ1v) is 7.52. The van der Waals surface area contributed by atoms with E-state index in [1.165, 1.54) is 12.1 Å². The number of carboxylic acid groups (broad SMARTS) is 1. The van der Waals surface area contributed by atoms with Gasteiger partial charge >= 0.3 is 5.97 Å². The molecule has 0 amide bonds. The summed E-state index contributed by atoms with van der Waals surface area (Å²) in [6, 6.07) is 2.79. The third-order valence-corrected chi connectivity index (χ3v) is 4.64. The van der Waals surface area contributed by atoms with Gasteiger partial charge < -0.3 is 10.4 Å². The number of allylic oxidation sites excluding steroid dienone is 2. The number of anilines is 1. The van der Waals surface area contributed by atoms with Gasteiger partial charge in [-0.15, -0.1) is 0 Å². The molecule has 0 aromatic heterocycles. The van der Waals surface area contributed by atoms with Crippen molar-refractivity contribution in [2.75, 3.05) is 5.32 Å². The van der Waals surface area contributed by atoms with Crippen LogP contribution in [0.5, 0.6) is 0 Å². The number of benzene rings is 1. The number of nitro groups is 1. The summed E-state index contributed by atoms with van der Waals surface area (Å²) in [5, 5.41) is 24.0. The van der Waals surface area contributed by atoms with E-state index in [2.05, 4.69) is 12.2 Å². The van der Waals surface area contributed by atoms with E-state index >= 15 is 0 Å². The highest BCUT2D eigenvalue weighted by Crippen LogP contribution is 2.50. The Kier molecular flexibility index (Phi) is 3.60. The fourth-order valence-electron chi connectivity index (χ4n) is 3.73. The van der Waals surface area contributed by atoms with Crippen LogP contribution in [0.2, 0.25) is 0 Å². The average Bonchev–Trinajstić information content (AvgIpc) is 2.95. The van der Waals surface area contributed by atoms with E-state index < -0.39 is 10.9 Å². The Bertz CT molecular complexity index is 668. The van der Waals surface area contributed by atoms with Gasteiger partial charge in [0.1, 0.15) is 0 Å². The van der Waals surface area contributed by atoms with Crippen LogP contribution in [-0.4, -0.2) is 22.0 Å². The lowest BCUT2D eigenvalue weighted by Gasteiger charge is -2.37. The van der Waals surface area contributed by atoms with E-state index in [-0.39, 0.29) is 29.1 Å². The second-order valence-electron chi connectivity index (χ2n) is 5.88. The van der Waals surface area contributed by atoms with Gasteiger partial charge in [0.2, 0.25) is 0 Å². The molecule has 0 bridgehead atoms. The van der Waals surface area contributed by atoms with E-state index in [9.17, 15) is 20.0 Å². The Morgan fingerprint density at radius 1 is 1.50 bits per heavy atom. The number of carboxylic acids is 1. The number of aromatic carboxylic acids is 1. The van der Waals surface area contributed by atoms with Crippen LogP contribution in [0.1, 0.15) is 48.0 Å². The maximum Gasteiger partial charge on any atom is 0.337 e. The molecule has 22 heavy (non-hydrogen) atoms. The molecule has 3 atom stereocenters. The number of nitro benzene ring substituents is 1. The maximum absolute atomic E-state index is 11.5. The third-order valence-electron chi connectivity index (χ3n) is 4.64. The van der Waals surface area contributed by atoms with Crippen molar-refractivity contribution in [2.24, 2.45) is 5.92 Å². The Morgan fingerprint density at radius 3 is 2.91 bits per heavy atom. The zero-order valence-electron chi connectivity index (χ0n) is 12.3. The minimum Gasteiger partial charge on any atom is -0.478 e. The van der Waals surface area contributed by atoms with E-state index in [0.717, 1.165) is 19.3 Å². The summed E-state index contributed by atoms with van der Waals surface area (Å²) in [6.07, 6.45) is 6.81. The Labute approximate surface area is 128 Å². The standard InChI is InChI=1S/C16H18N2O4/c1-2-4-12-9-5-3-6-10(9)14-13(18(21)22)8-7-11(16(19)20)15(14)17-12/h3,6-10,12,17H,2,4-5H2,1H3,(H,19,20)/t9-,10-,12-/m0/s1. The first kappa shape index (κ1) is 14.6. The molecule has 0 unspecified atom stereocenters. The smallest absolute Gasteiger partial charge is 0.337 e. The number of hydrogen-bond donors (Lipinski definition) is 2. The van der Waals surface area contributed by atoms with Crippen molar-refractivity contribution in [1.29, 1.82) is 0 Å². The third kappa shape index (κ3) is 2.15. The van der Waals surface area contributed by atoms with Crippen molar-refractivity contribution in [3.8, 4) is 0 Å². The summed E-state index contributed by atoms with van der Waals surface area (Å²) >= 11 is 0. The predicted octanol–water partition coefficient (Wildman–Crippen LogP) is 3.55. The van der Waals surface area contributed by atoms with Crippen molar-refractivity contribution in [2.45, 2.75) is 38.1 Å². The highest BCUT2D eigenvalue weighted by atomic mass is 16.6. The van der Waals surface area contributed by atoms with Gasteiger partial charge in [0.05, 0.1) is 21.7 Å². The second kappa shape index (κ2) is 5.44. The first-order chi connectivity index (χ1) is 10.5. The van der Waals surface area contributed by atoms with Crippen LogP contribution in [0.25, 0.3) is 0 Å². The minimum atomic E-state index is -1.06. The zero-order valence-corrected chi connectivity index (χ0v) is 12.3. The monoisotopic (exact) mass is 302 g/mol. The SMILES string of the molecule is CCC[C@@H]1Nc2c(C(=O)O)ccc([N+](=O)[O-])c2[C@H]2C=CC[C@H]12. The molecule has 1 heterocycles. The van der Waals surface area contributed by atoms with Gasteiger partial charge in [-0.1, -0.05) is 25.5 Å². The molecule has 1 aliphatic carbocycles. The van der Waals surface area contributed by atoms with Crippen molar-refractivity contribution >= 4 is 17.3 Å². The Morgan fingerprint density at radius 2 is 2.27 bits per heavy atom. The topological polar surface area (TPSA) is 92.5 Å². The normalized spacial score (nSPS) is 25.2. The Hall–Kier alpha value is -2.37. The van der Waals surface area contributed by atoms with Crippen LogP contribution < -0.4 is 5.32 Å². The molecule has 1 aliphatic heterocycles. The number of rotatable bonds is 4. The summed E-state index contributed by atoms with van der Waals surface area (Å²) in [4.78, 5) is 22.4. The maximum atomic E-state index is 11.5. The molecule has 116 valence electrons. The van der Waals surface area contributed by atoms with Crippen LogP contribution in [0.15, 0.2) is 24.3 Å². The van der Waals surface area contributed by atoms with Gasteiger partial charge in [0.25, 0.3) is 5.69 Å². The Balaban J connectivity index is 2.20. The predicted molar refractivity (Wildman–Crippen MR) is 82.4 cm³/mol. The zero-order chi connectivity index (χ0) is 15.9. The van der Waals surface area contributed by atoms with E-state index in [1.807, 2.05) is 12.2 Å². The van der Waals surface area contributed by atoms with Gasteiger partial charge in [-0.05, 0) is 24.8 Å². The molecule has 2 N–H and O–H groups in total. The molecule has 0 saturated carbocycles. The quantitative estimate of drug-likeness (QED) is 0.504. The van der Waals surface area contributed by atoms with Gasteiger partial charge in [-0.3, -0.25) is 10.1 Å². The first-order valence-electron chi connectivity index (χ1n) is 7.52. The summed E-state index contributed by atoms with van der Waals surface area (Å²) in [5.74, 6) is -0.878. The fraction of sp³-hybridized carbons (Fsp3) is 0.438. The minimum absolute atomic E-state index is 0.00370. The van der Waals surface area contributed by atoms with Gasteiger partial charge in [-0.25, -0.2) is 4.79 Å². The molecule has 6 heteroatoms. The van der Waals surface area contributed by atoms with E-state index in [4.69, 9.17) is 0 Å². The average molecular weight is 302 g/mol. The molecule has 6 nitrogen and oxygen atoms in total. The highest BCUT2D eigenvalue weighted by Gasteiger charge is 2.42. The summed E-state index contributed by atoms with van der Waals surface area (Å²) in [6.45, 7) is 2.08. The lowest BCUT2D eigenvalue weighted by Crippen LogP contribution is -2.37. The van der Waals surface area contributed by atoms with Crippen molar-refractivity contribution in [3.05, 3.63) is 45.5 Å². The van der Waals surface area contributed by atoms with Crippen LogP contribution in [0, 0.1) is 16.0 Å². The lowest BCUT2D eigenvalue weighted by molar-refractivity contribution is -0.385. The van der Waals surface area contributed by atoms with Crippen molar-refractivity contribution < 1.29 is 14.8 Å². The molecule has 0 saturated heterocycles. The van der Waals surface area contributed by atoms with E-state index in [0.29, 0.717) is 11.3 Å². The number of nitrogens with one attached hydrogen (secondary N) is 1. The lowest BCUT2D eigenvalue weighted by atomic mass is 9.76. The molecule has 1 aromatic rings. The molecule has 2 aliphatic rings. The summed E-state index contributed by atoms with van der Waals surface area (Å²) < 4.78 is 0. The van der Waals surface area contributed by atoms with Crippen LogP contribution >= 0.6 is 0 Å². The fourth-order valence-corrected chi connectivity index (χ4v) is 3.73. The van der Waals surface area contributed by atoms with Gasteiger partial charge in [0.15, 0.2) is 0 Å². The number of fused-ring (bicyclic) bond motifs is 3. The van der Waals surface area contributed by atoms with Crippen LogP contribution in [0.3, 0.4) is 0 Å². The molecule has 0 fully saturated rings.